The average molecular weight is 233 g/mol. The molecule has 0 aliphatic carbocycles. The van der Waals surface area contributed by atoms with E-state index in [1.54, 1.807) is 25.8 Å². The Balaban J connectivity index is 4.04. The topological polar surface area (TPSA) is 44.1 Å². The summed E-state index contributed by atoms with van der Waals surface area (Å²) in [7, 11) is 1.70. The van der Waals surface area contributed by atoms with Crippen LogP contribution in [0.3, 0.4) is 0 Å². The van der Waals surface area contributed by atoms with Crippen LogP contribution in [0, 0.1) is 11.3 Å². The van der Waals surface area contributed by atoms with Gasteiger partial charge in [-0.25, -0.2) is 0 Å². The first-order valence-electron chi connectivity index (χ1n) is 3.71. The summed E-state index contributed by atoms with van der Waals surface area (Å²) < 4.78 is -0.531. The van der Waals surface area contributed by atoms with E-state index in [9.17, 15) is 4.79 Å². The largest absolute Gasteiger partial charge is 0.344 e. The van der Waals surface area contributed by atoms with Crippen LogP contribution in [0.15, 0.2) is 0 Å². The fourth-order valence-electron chi connectivity index (χ4n) is 0.773. The molecule has 68 valence electrons. The summed E-state index contributed by atoms with van der Waals surface area (Å²) in [4.78, 5) is 13.0. The third-order valence-electron chi connectivity index (χ3n) is 1.41. The molecule has 0 unspecified atom stereocenters. The smallest absolute Gasteiger partial charge is 0.238 e. The number of nitrogens with zero attached hydrogens (tertiary/aromatic N) is 2. The molecule has 0 saturated carbocycles. The first-order chi connectivity index (χ1) is 5.39. The molecule has 0 heterocycles. The molecule has 0 fully saturated rings. The van der Waals surface area contributed by atoms with E-state index in [2.05, 4.69) is 15.9 Å². The van der Waals surface area contributed by atoms with E-state index < -0.39 is 4.32 Å². The number of nitriles is 1. The molecule has 0 aliphatic rings. The molecule has 0 atom stereocenters. The minimum atomic E-state index is -0.531. The highest BCUT2D eigenvalue weighted by molar-refractivity contribution is 9.10. The lowest BCUT2D eigenvalue weighted by Gasteiger charge is -2.23. The highest BCUT2D eigenvalue weighted by Crippen LogP contribution is 2.18. The number of amides is 1. The first-order valence-corrected chi connectivity index (χ1v) is 4.50. The van der Waals surface area contributed by atoms with Gasteiger partial charge in [-0.3, -0.25) is 4.79 Å². The van der Waals surface area contributed by atoms with E-state index in [4.69, 9.17) is 5.26 Å². The Morgan fingerprint density at radius 1 is 1.67 bits per heavy atom. The molecule has 1 amide bonds. The second kappa shape index (κ2) is 4.46. The molecule has 0 N–H and O–H groups in total. The van der Waals surface area contributed by atoms with Gasteiger partial charge in [0.2, 0.25) is 5.91 Å². The van der Waals surface area contributed by atoms with Crippen LogP contribution in [-0.2, 0) is 4.79 Å². The van der Waals surface area contributed by atoms with Crippen LogP contribution in [0.25, 0.3) is 0 Å². The lowest BCUT2D eigenvalue weighted by atomic mass is 10.2. The molecule has 3 nitrogen and oxygen atoms in total. The standard InChI is InChI=1S/C8H13BrN2O/c1-8(2,9)7(12)11(3)6-4-5-10/h4,6H2,1-3H3. The van der Waals surface area contributed by atoms with Gasteiger partial charge in [0, 0.05) is 13.6 Å². The molecular weight excluding hydrogens is 220 g/mol. The van der Waals surface area contributed by atoms with Crippen molar-refractivity contribution in [3.63, 3.8) is 0 Å². The van der Waals surface area contributed by atoms with Crippen molar-refractivity contribution in [2.75, 3.05) is 13.6 Å². The van der Waals surface area contributed by atoms with Crippen molar-refractivity contribution in [2.45, 2.75) is 24.6 Å². The van der Waals surface area contributed by atoms with Gasteiger partial charge in [-0.15, -0.1) is 0 Å². The van der Waals surface area contributed by atoms with Gasteiger partial charge in [-0.05, 0) is 13.8 Å². The third-order valence-corrected chi connectivity index (χ3v) is 1.75. The Hall–Kier alpha value is -0.560. The Morgan fingerprint density at radius 3 is 2.50 bits per heavy atom. The summed E-state index contributed by atoms with van der Waals surface area (Å²) >= 11 is 3.26. The van der Waals surface area contributed by atoms with Crippen molar-refractivity contribution < 1.29 is 4.79 Å². The predicted octanol–water partition coefficient (Wildman–Crippen LogP) is 1.53. The summed E-state index contributed by atoms with van der Waals surface area (Å²) in [6.45, 7) is 4.07. The number of hydrogen-bond acceptors (Lipinski definition) is 2. The molecule has 0 bridgehead atoms. The Kier molecular flexibility index (Phi) is 4.25. The van der Waals surface area contributed by atoms with Crippen LogP contribution in [0.5, 0.6) is 0 Å². The van der Waals surface area contributed by atoms with E-state index in [0.29, 0.717) is 13.0 Å². The monoisotopic (exact) mass is 232 g/mol. The molecule has 0 aromatic rings. The number of alkyl halides is 1. The summed E-state index contributed by atoms with van der Waals surface area (Å²) in [5.41, 5.74) is 0. The molecule has 12 heavy (non-hydrogen) atoms. The van der Waals surface area contributed by atoms with Crippen molar-refractivity contribution in [3.05, 3.63) is 0 Å². The van der Waals surface area contributed by atoms with Gasteiger partial charge in [0.05, 0.1) is 16.8 Å². The van der Waals surface area contributed by atoms with Crippen molar-refractivity contribution in [1.82, 2.24) is 4.90 Å². The first kappa shape index (κ1) is 11.4. The fourth-order valence-corrected chi connectivity index (χ4v) is 1.08. The van der Waals surface area contributed by atoms with Crippen molar-refractivity contribution >= 4 is 21.8 Å². The van der Waals surface area contributed by atoms with Gasteiger partial charge >= 0.3 is 0 Å². The maximum absolute atomic E-state index is 11.4. The van der Waals surface area contributed by atoms with Crippen LogP contribution in [0.4, 0.5) is 0 Å². The van der Waals surface area contributed by atoms with Crippen LogP contribution in [0.1, 0.15) is 20.3 Å². The fraction of sp³-hybridized carbons (Fsp3) is 0.750. The van der Waals surface area contributed by atoms with E-state index in [0.717, 1.165) is 0 Å². The zero-order chi connectivity index (χ0) is 9.78. The molecule has 0 spiro atoms. The lowest BCUT2D eigenvalue weighted by Crippen LogP contribution is -2.39. The van der Waals surface area contributed by atoms with Crippen LogP contribution >= 0.6 is 15.9 Å². The van der Waals surface area contributed by atoms with Crippen molar-refractivity contribution in [3.8, 4) is 6.07 Å². The minimum Gasteiger partial charge on any atom is -0.344 e. The van der Waals surface area contributed by atoms with E-state index in [-0.39, 0.29) is 5.91 Å². The molecule has 0 aromatic heterocycles. The van der Waals surface area contributed by atoms with Gasteiger partial charge in [-0.1, -0.05) is 15.9 Å². The number of hydrogen-bond donors (Lipinski definition) is 0. The predicted molar refractivity (Wildman–Crippen MR) is 50.9 cm³/mol. The lowest BCUT2D eigenvalue weighted by molar-refractivity contribution is -0.131. The van der Waals surface area contributed by atoms with Gasteiger partial charge in [-0.2, -0.15) is 5.26 Å². The molecule has 0 radical (unpaired) electrons. The average Bonchev–Trinajstić information content (AvgIpc) is 1.97. The zero-order valence-electron chi connectivity index (χ0n) is 7.59. The zero-order valence-corrected chi connectivity index (χ0v) is 9.18. The van der Waals surface area contributed by atoms with Crippen LogP contribution < -0.4 is 0 Å². The Bertz CT molecular complexity index is 202. The molecule has 0 aromatic carbocycles. The number of carbonyl (C=O) groups excluding carboxylic acids is 1. The third kappa shape index (κ3) is 3.72. The quantitative estimate of drug-likeness (QED) is 0.694. The maximum Gasteiger partial charge on any atom is 0.238 e. The van der Waals surface area contributed by atoms with E-state index in [1.807, 2.05) is 6.07 Å². The molecule has 0 saturated heterocycles. The van der Waals surface area contributed by atoms with E-state index in [1.165, 1.54) is 0 Å². The molecule has 0 aliphatic heterocycles. The summed E-state index contributed by atoms with van der Waals surface area (Å²) in [6, 6.07) is 2.00. The van der Waals surface area contributed by atoms with E-state index >= 15 is 0 Å². The summed E-state index contributed by atoms with van der Waals surface area (Å²) in [6.07, 6.45) is 0.380. The Labute approximate surface area is 81.5 Å². The number of carbonyl (C=O) groups is 1. The second-order valence-electron chi connectivity index (χ2n) is 3.11. The number of halogens is 1. The van der Waals surface area contributed by atoms with Gasteiger partial charge in [0.25, 0.3) is 0 Å². The van der Waals surface area contributed by atoms with Gasteiger partial charge in [0.15, 0.2) is 0 Å². The summed E-state index contributed by atoms with van der Waals surface area (Å²) in [5.74, 6) is -0.00208. The summed E-state index contributed by atoms with van der Waals surface area (Å²) in [5, 5.41) is 8.30. The van der Waals surface area contributed by atoms with Crippen LogP contribution in [0.2, 0.25) is 0 Å². The normalized spacial score (nSPS) is 10.6. The highest BCUT2D eigenvalue weighted by atomic mass is 79.9. The highest BCUT2D eigenvalue weighted by Gasteiger charge is 2.26. The van der Waals surface area contributed by atoms with Crippen LogP contribution in [-0.4, -0.2) is 28.7 Å². The number of rotatable bonds is 3. The van der Waals surface area contributed by atoms with Gasteiger partial charge in [0.1, 0.15) is 0 Å². The van der Waals surface area contributed by atoms with Crippen molar-refractivity contribution in [2.24, 2.45) is 0 Å². The molecule has 0 rings (SSSR count). The minimum absolute atomic E-state index is 0.00208. The second-order valence-corrected chi connectivity index (χ2v) is 5.09. The SMILES string of the molecule is CN(CCC#N)C(=O)C(C)(C)Br. The van der Waals surface area contributed by atoms with Gasteiger partial charge < -0.3 is 4.90 Å². The van der Waals surface area contributed by atoms with Crippen molar-refractivity contribution in [1.29, 1.82) is 5.26 Å². The molecular formula is C8H13BrN2O. The molecule has 4 heteroatoms. The maximum atomic E-state index is 11.4. The Morgan fingerprint density at radius 2 is 2.17 bits per heavy atom.